The molecular formula is C27H29N5O2. The van der Waals surface area contributed by atoms with Crippen molar-refractivity contribution in [2.45, 2.75) is 38.8 Å². The first kappa shape index (κ1) is 23.3. The van der Waals surface area contributed by atoms with Gasteiger partial charge in [-0.15, -0.1) is 0 Å². The second-order valence-electron chi connectivity index (χ2n) is 9.08. The molecule has 0 radical (unpaired) electrons. The first-order valence-corrected chi connectivity index (χ1v) is 11.2. The van der Waals surface area contributed by atoms with E-state index in [1.54, 1.807) is 18.6 Å². The number of rotatable bonds is 8. The number of hydroxylamine groups is 2. The smallest absolute Gasteiger partial charge is 0.234 e. The van der Waals surface area contributed by atoms with E-state index < -0.39 is 11.6 Å². The molecule has 174 valence electrons. The van der Waals surface area contributed by atoms with Crippen LogP contribution in [-0.4, -0.2) is 36.6 Å². The molecule has 1 aromatic carbocycles. The van der Waals surface area contributed by atoms with E-state index in [2.05, 4.69) is 34.2 Å². The van der Waals surface area contributed by atoms with Gasteiger partial charge < -0.3 is 4.57 Å². The largest absolute Gasteiger partial charge is 0.329 e. The van der Waals surface area contributed by atoms with Crippen LogP contribution in [0.5, 0.6) is 0 Å². The van der Waals surface area contributed by atoms with Crippen molar-refractivity contribution in [2.24, 2.45) is 7.05 Å². The Balaban J connectivity index is 1.68. The van der Waals surface area contributed by atoms with Gasteiger partial charge in [0.1, 0.15) is 11.9 Å². The van der Waals surface area contributed by atoms with Crippen LogP contribution in [-0.2, 0) is 23.1 Å². The van der Waals surface area contributed by atoms with E-state index >= 15 is 0 Å². The standard InChI is InChI=1S/C27H29N5O2/c1-27(2,3)34-32(19-33)24(17-23-7-5-6-14-29-23)26-30-18-25(31(26)4)22-10-8-20(9-11-22)21-12-15-28-16-13-21/h5-16,18-19,24H,17H2,1-4H3. The highest BCUT2D eigenvalue weighted by Crippen LogP contribution is 2.30. The Kier molecular flexibility index (Phi) is 6.84. The molecular weight excluding hydrogens is 426 g/mol. The maximum Gasteiger partial charge on any atom is 0.234 e. The van der Waals surface area contributed by atoms with Crippen molar-refractivity contribution in [2.75, 3.05) is 0 Å². The molecule has 0 N–H and O–H groups in total. The van der Waals surface area contributed by atoms with Crippen molar-refractivity contribution < 1.29 is 9.63 Å². The molecule has 1 atom stereocenters. The van der Waals surface area contributed by atoms with Crippen molar-refractivity contribution in [3.63, 3.8) is 0 Å². The van der Waals surface area contributed by atoms with Crippen molar-refractivity contribution in [3.8, 4) is 22.4 Å². The van der Waals surface area contributed by atoms with Crippen LogP contribution in [0.4, 0.5) is 0 Å². The second-order valence-corrected chi connectivity index (χ2v) is 9.08. The molecule has 1 unspecified atom stereocenters. The van der Waals surface area contributed by atoms with E-state index in [-0.39, 0.29) is 0 Å². The number of pyridine rings is 2. The highest BCUT2D eigenvalue weighted by molar-refractivity contribution is 5.68. The second kappa shape index (κ2) is 9.97. The first-order valence-electron chi connectivity index (χ1n) is 11.2. The first-order chi connectivity index (χ1) is 16.4. The molecule has 0 aliphatic carbocycles. The number of nitrogens with zero attached hydrogens (tertiary/aromatic N) is 5. The summed E-state index contributed by atoms with van der Waals surface area (Å²) < 4.78 is 2.01. The summed E-state index contributed by atoms with van der Waals surface area (Å²) >= 11 is 0. The van der Waals surface area contributed by atoms with Gasteiger partial charge in [-0.05, 0) is 61.7 Å². The Morgan fingerprint density at radius 3 is 2.24 bits per heavy atom. The summed E-state index contributed by atoms with van der Waals surface area (Å²) in [5.41, 5.74) is 4.52. The van der Waals surface area contributed by atoms with Gasteiger partial charge in [0, 0.05) is 37.8 Å². The van der Waals surface area contributed by atoms with Crippen molar-refractivity contribution in [1.29, 1.82) is 0 Å². The number of amides is 1. The third kappa shape index (κ3) is 5.38. The zero-order chi connectivity index (χ0) is 24.1. The zero-order valence-corrected chi connectivity index (χ0v) is 19.9. The maximum absolute atomic E-state index is 12.1. The number of hydrogen-bond acceptors (Lipinski definition) is 5. The topological polar surface area (TPSA) is 73.1 Å². The Morgan fingerprint density at radius 1 is 0.941 bits per heavy atom. The molecule has 3 aromatic heterocycles. The number of hydrogen-bond donors (Lipinski definition) is 0. The minimum Gasteiger partial charge on any atom is -0.329 e. The van der Waals surface area contributed by atoms with Gasteiger partial charge in [0.25, 0.3) is 0 Å². The van der Waals surface area contributed by atoms with Crippen LogP contribution in [0.2, 0.25) is 0 Å². The van der Waals surface area contributed by atoms with E-state index in [0.29, 0.717) is 6.42 Å². The van der Waals surface area contributed by atoms with E-state index in [1.165, 1.54) is 5.06 Å². The lowest BCUT2D eigenvalue weighted by Gasteiger charge is -2.32. The normalized spacial score (nSPS) is 12.4. The summed E-state index contributed by atoms with van der Waals surface area (Å²) in [5, 5.41) is 1.35. The molecule has 0 saturated heterocycles. The SMILES string of the molecule is Cn1c(-c2ccc(-c3ccncc3)cc2)cnc1C(Cc1ccccn1)N(C=O)OC(C)(C)C. The van der Waals surface area contributed by atoms with Gasteiger partial charge in [0.05, 0.1) is 17.5 Å². The predicted molar refractivity (Wildman–Crippen MR) is 131 cm³/mol. The van der Waals surface area contributed by atoms with Crippen LogP contribution < -0.4 is 0 Å². The summed E-state index contributed by atoms with van der Waals surface area (Å²) in [7, 11) is 1.96. The predicted octanol–water partition coefficient (Wildman–Crippen LogP) is 5.02. The van der Waals surface area contributed by atoms with E-state index in [1.807, 2.05) is 68.9 Å². The lowest BCUT2D eigenvalue weighted by atomic mass is 10.0. The van der Waals surface area contributed by atoms with E-state index in [4.69, 9.17) is 9.82 Å². The van der Waals surface area contributed by atoms with Crippen LogP contribution in [0, 0.1) is 0 Å². The average Bonchev–Trinajstić information content (AvgIpc) is 3.23. The van der Waals surface area contributed by atoms with Crippen LogP contribution >= 0.6 is 0 Å². The molecule has 0 spiro atoms. The van der Waals surface area contributed by atoms with Crippen molar-refractivity contribution >= 4 is 6.41 Å². The number of benzene rings is 1. The fourth-order valence-electron chi connectivity index (χ4n) is 3.87. The summed E-state index contributed by atoms with van der Waals surface area (Å²) in [6, 6.07) is 17.6. The quantitative estimate of drug-likeness (QED) is 0.276. The van der Waals surface area contributed by atoms with Gasteiger partial charge in [0.15, 0.2) is 0 Å². The minimum atomic E-state index is -0.542. The molecule has 1 amide bonds. The molecule has 0 aliphatic rings. The van der Waals surface area contributed by atoms with Gasteiger partial charge in [-0.1, -0.05) is 30.3 Å². The van der Waals surface area contributed by atoms with Crippen LogP contribution in [0.1, 0.15) is 38.3 Å². The van der Waals surface area contributed by atoms with Gasteiger partial charge in [-0.3, -0.25) is 19.6 Å². The molecule has 34 heavy (non-hydrogen) atoms. The van der Waals surface area contributed by atoms with E-state index in [9.17, 15) is 4.79 Å². The van der Waals surface area contributed by atoms with Crippen molar-refractivity contribution in [3.05, 3.63) is 90.9 Å². The summed E-state index contributed by atoms with van der Waals surface area (Å²) in [4.78, 5) is 31.3. The summed E-state index contributed by atoms with van der Waals surface area (Å²) in [6.07, 6.45) is 8.35. The van der Waals surface area contributed by atoms with Gasteiger partial charge in [0.2, 0.25) is 6.41 Å². The molecule has 4 aromatic rings. The average molecular weight is 456 g/mol. The van der Waals surface area contributed by atoms with E-state index in [0.717, 1.165) is 40.3 Å². The van der Waals surface area contributed by atoms with Crippen LogP contribution in [0.25, 0.3) is 22.4 Å². The number of carbonyl (C=O) groups is 1. The highest BCUT2D eigenvalue weighted by Gasteiger charge is 2.29. The molecule has 3 heterocycles. The Hall–Kier alpha value is -3.84. The number of imidazole rings is 1. The highest BCUT2D eigenvalue weighted by atomic mass is 16.7. The third-order valence-electron chi connectivity index (χ3n) is 5.44. The molecule has 7 heteroatoms. The molecule has 7 nitrogen and oxygen atoms in total. The van der Waals surface area contributed by atoms with Gasteiger partial charge in [-0.2, -0.15) is 0 Å². The summed E-state index contributed by atoms with van der Waals surface area (Å²) in [6.45, 7) is 5.74. The Labute approximate surface area is 200 Å². The molecule has 0 bridgehead atoms. The summed E-state index contributed by atoms with van der Waals surface area (Å²) in [5.74, 6) is 0.718. The van der Waals surface area contributed by atoms with Crippen molar-refractivity contribution in [1.82, 2.24) is 24.6 Å². The van der Waals surface area contributed by atoms with Gasteiger partial charge >= 0.3 is 0 Å². The lowest BCUT2D eigenvalue weighted by molar-refractivity contribution is -0.235. The lowest BCUT2D eigenvalue weighted by Crippen LogP contribution is -2.38. The fraction of sp³-hybridized carbons (Fsp3) is 0.259. The minimum absolute atomic E-state index is 0.443. The van der Waals surface area contributed by atoms with Gasteiger partial charge in [-0.25, -0.2) is 10.0 Å². The molecule has 4 rings (SSSR count). The van der Waals surface area contributed by atoms with Crippen LogP contribution in [0.15, 0.2) is 79.4 Å². The number of aromatic nitrogens is 4. The monoisotopic (exact) mass is 455 g/mol. The van der Waals surface area contributed by atoms with Crippen LogP contribution in [0.3, 0.4) is 0 Å². The Morgan fingerprint density at radius 2 is 1.62 bits per heavy atom. The molecule has 0 fully saturated rings. The Bertz CT molecular complexity index is 1220. The fourth-order valence-corrected chi connectivity index (χ4v) is 3.87. The zero-order valence-electron chi connectivity index (χ0n) is 19.9. The maximum atomic E-state index is 12.1. The third-order valence-corrected chi connectivity index (χ3v) is 5.44. The molecule has 0 aliphatic heterocycles. The number of carbonyl (C=O) groups excluding carboxylic acids is 1. The molecule has 0 saturated carbocycles.